The van der Waals surface area contributed by atoms with Crippen molar-refractivity contribution in [3.05, 3.63) is 53.7 Å². The van der Waals surface area contributed by atoms with E-state index in [9.17, 15) is 18.0 Å². The molecular weight excluding hydrogens is 519 g/mol. The van der Waals surface area contributed by atoms with Gasteiger partial charge in [-0.25, -0.2) is 0 Å². The standard InChI is InChI=1S/C30H32F3N5O2/c1-35-29(39)21-13-14-26(28(18-21)40-17-7-15-34)36-16-6-10-23-19-24-25(37-22-8-3-2-4-9-22)11-5-12-27(24)38(23)20-30(31,32)33/h5,11-14,18-19,22,36-37H,2-4,7-9,16-17,20H2,1H3,(H,35,39). The van der Waals surface area contributed by atoms with Gasteiger partial charge in [0.1, 0.15) is 18.9 Å². The molecule has 1 aliphatic carbocycles. The summed E-state index contributed by atoms with van der Waals surface area (Å²) >= 11 is 0. The number of nitrogens with zero attached hydrogens (tertiary/aromatic N) is 2. The summed E-state index contributed by atoms with van der Waals surface area (Å²) in [5, 5.41) is 18.7. The molecule has 0 radical (unpaired) electrons. The number of carbonyl (C=O) groups is 1. The van der Waals surface area contributed by atoms with Crippen LogP contribution in [0, 0.1) is 23.2 Å². The SMILES string of the molecule is CNC(=O)c1ccc(NCC#Cc2cc3c(NC4CCCCC4)cccc3n2CC(F)(F)F)c(OCCC#N)c1. The molecule has 0 bridgehead atoms. The monoisotopic (exact) mass is 551 g/mol. The molecule has 1 saturated carbocycles. The summed E-state index contributed by atoms with van der Waals surface area (Å²) in [5.74, 6) is 5.93. The number of hydrogen-bond donors (Lipinski definition) is 3. The van der Waals surface area contributed by atoms with Gasteiger partial charge < -0.3 is 25.3 Å². The molecule has 0 spiro atoms. The Morgan fingerprint density at radius 3 is 2.65 bits per heavy atom. The summed E-state index contributed by atoms with van der Waals surface area (Å²) in [4.78, 5) is 12.0. The number of amides is 1. The minimum Gasteiger partial charge on any atom is -0.490 e. The molecule has 1 heterocycles. The molecule has 1 amide bonds. The molecule has 3 aromatic rings. The molecule has 10 heteroatoms. The zero-order chi connectivity index (χ0) is 28.5. The maximum Gasteiger partial charge on any atom is 0.406 e. The lowest BCUT2D eigenvalue weighted by Crippen LogP contribution is -2.22. The molecule has 4 rings (SSSR count). The molecule has 7 nitrogen and oxygen atoms in total. The van der Waals surface area contributed by atoms with Crippen LogP contribution in [-0.4, -0.2) is 42.9 Å². The van der Waals surface area contributed by atoms with Gasteiger partial charge in [-0.1, -0.05) is 31.2 Å². The van der Waals surface area contributed by atoms with Crippen LogP contribution in [0.2, 0.25) is 0 Å². The fourth-order valence-electron chi connectivity index (χ4n) is 4.88. The second-order valence-corrected chi connectivity index (χ2v) is 9.65. The van der Waals surface area contributed by atoms with E-state index in [-0.39, 0.29) is 31.2 Å². The number of alkyl halides is 3. The predicted molar refractivity (Wildman–Crippen MR) is 149 cm³/mol. The van der Waals surface area contributed by atoms with Gasteiger partial charge in [-0.2, -0.15) is 18.4 Å². The highest BCUT2D eigenvalue weighted by atomic mass is 19.4. The van der Waals surface area contributed by atoms with Gasteiger partial charge >= 0.3 is 6.18 Å². The average molecular weight is 552 g/mol. The van der Waals surface area contributed by atoms with Crippen LogP contribution in [0.25, 0.3) is 10.9 Å². The van der Waals surface area contributed by atoms with E-state index in [1.54, 1.807) is 36.4 Å². The quantitative estimate of drug-likeness (QED) is 0.222. The van der Waals surface area contributed by atoms with E-state index in [4.69, 9.17) is 10.00 Å². The lowest BCUT2D eigenvalue weighted by Gasteiger charge is -2.24. The summed E-state index contributed by atoms with van der Waals surface area (Å²) < 4.78 is 47.5. The molecule has 1 fully saturated rings. The van der Waals surface area contributed by atoms with Crippen LogP contribution < -0.4 is 20.7 Å². The number of ether oxygens (including phenoxy) is 1. The Kier molecular flexibility index (Phi) is 9.44. The predicted octanol–water partition coefficient (Wildman–Crippen LogP) is 6.06. The van der Waals surface area contributed by atoms with E-state index in [1.807, 2.05) is 12.1 Å². The lowest BCUT2D eigenvalue weighted by atomic mass is 9.95. The van der Waals surface area contributed by atoms with Gasteiger partial charge in [0.15, 0.2) is 0 Å². The first kappa shape index (κ1) is 28.7. The Morgan fingerprint density at radius 1 is 1.12 bits per heavy atom. The van der Waals surface area contributed by atoms with Crippen molar-refractivity contribution in [1.29, 1.82) is 5.26 Å². The number of nitrogens with one attached hydrogen (secondary N) is 3. The maximum atomic E-state index is 13.5. The van der Waals surface area contributed by atoms with E-state index >= 15 is 0 Å². The number of aromatic nitrogens is 1. The molecule has 0 aliphatic heterocycles. The van der Waals surface area contributed by atoms with Gasteiger partial charge in [-0.15, -0.1) is 0 Å². The van der Waals surface area contributed by atoms with Crippen molar-refractivity contribution < 1.29 is 22.7 Å². The number of halogens is 3. The van der Waals surface area contributed by atoms with Gasteiger partial charge in [0.25, 0.3) is 5.91 Å². The highest BCUT2D eigenvalue weighted by Gasteiger charge is 2.30. The number of carbonyl (C=O) groups excluding carboxylic acids is 1. The fourth-order valence-corrected chi connectivity index (χ4v) is 4.88. The molecule has 1 aromatic heterocycles. The minimum absolute atomic E-state index is 0.120. The molecule has 1 aliphatic rings. The number of nitriles is 1. The maximum absolute atomic E-state index is 13.5. The summed E-state index contributed by atoms with van der Waals surface area (Å²) in [6.45, 7) is -0.879. The third-order valence-electron chi connectivity index (χ3n) is 6.77. The Hall–Kier alpha value is -4.31. The number of anilines is 2. The topological polar surface area (TPSA) is 91.1 Å². The normalized spacial score (nSPS) is 13.7. The zero-order valence-corrected chi connectivity index (χ0v) is 22.3. The van der Waals surface area contributed by atoms with E-state index < -0.39 is 12.7 Å². The van der Waals surface area contributed by atoms with Crippen molar-refractivity contribution in [1.82, 2.24) is 9.88 Å². The third-order valence-corrected chi connectivity index (χ3v) is 6.77. The van der Waals surface area contributed by atoms with Crippen molar-refractivity contribution in [3.8, 4) is 23.7 Å². The average Bonchev–Trinajstić information content (AvgIpc) is 3.28. The molecule has 0 unspecified atom stereocenters. The molecule has 40 heavy (non-hydrogen) atoms. The Morgan fingerprint density at radius 2 is 1.93 bits per heavy atom. The largest absolute Gasteiger partial charge is 0.490 e. The third kappa shape index (κ3) is 7.41. The number of hydrogen-bond acceptors (Lipinski definition) is 5. The van der Waals surface area contributed by atoms with Crippen molar-refractivity contribution in [2.24, 2.45) is 0 Å². The first-order valence-electron chi connectivity index (χ1n) is 13.3. The number of fused-ring (bicyclic) bond motifs is 1. The molecule has 2 aromatic carbocycles. The second kappa shape index (κ2) is 13.2. The van der Waals surface area contributed by atoms with Crippen molar-refractivity contribution in [2.45, 2.75) is 57.3 Å². The minimum atomic E-state index is -4.41. The van der Waals surface area contributed by atoms with Crippen LogP contribution in [0.4, 0.5) is 24.5 Å². The van der Waals surface area contributed by atoms with Crippen LogP contribution in [0.3, 0.4) is 0 Å². The van der Waals surface area contributed by atoms with Gasteiger partial charge in [0, 0.05) is 29.7 Å². The van der Waals surface area contributed by atoms with Crippen LogP contribution in [0.1, 0.15) is 54.6 Å². The van der Waals surface area contributed by atoms with E-state index in [0.717, 1.165) is 31.4 Å². The zero-order valence-electron chi connectivity index (χ0n) is 22.3. The van der Waals surface area contributed by atoms with Crippen molar-refractivity contribution in [3.63, 3.8) is 0 Å². The van der Waals surface area contributed by atoms with Crippen molar-refractivity contribution >= 4 is 28.2 Å². The second-order valence-electron chi connectivity index (χ2n) is 9.65. The molecule has 0 saturated heterocycles. The van der Waals surface area contributed by atoms with Gasteiger partial charge in [-0.05, 0) is 55.2 Å². The van der Waals surface area contributed by atoms with Gasteiger partial charge in [0.05, 0.1) is 35.9 Å². The van der Waals surface area contributed by atoms with Crippen molar-refractivity contribution in [2.75, 3.05) is 30.8 Å². The lowest BCUT2D eigenvalue weighted by molar-refractivity contribution is -0.140. The summed E-state index contributed by atoms with van der Waals surface area (Å²) in [5.41, 5.74) is 2.51. The van der Waals surface area contributed by atoms with E-state index in [2.05, 4.69) is 27.8 Å². The summed E-state index contributed by atoms with van der Waals surface area (Å²) in [7, 11) is 1.52. The first-order chi connectivity index (χ1) is 19.3. The fraction of sp³-hybridized carbons (Fsp3) is 0.400. The summed E-state index contributed by atoms with van der Waals surface area (Å²) in [6.07, 6.45) is 1.36. The van der Waals surface area contributed by atoms with Gasteiger partial charge in [0.2, 0.25) is 0 Å². The van der Waals surface area contributed by atoms with Gasteiger partial charge in [-0.3, -0.25) is 4.79 Å². The first-order valence-corrected chi connectivity index (χ1v) is 13.3. The molecule has 3 N–H and O–H groups in total. The molecule has 0 atom stereocenters. The Bertz CT molecular complexity index is 1440. The number of benzene rings is 2. The van der Waals surface area contributed by atoms with Crippen LogP contribution >= 0.6 is 0 Å². The Labute approximate surface area is 231 Å². The highest BCUT2D eigenvalue weighted by Crippen LogP contribution is 2.32. The smallest absolute Gasteiger partial charge is 0.406 e. The summed E-state index contributed by atoms with van der Waals surface area (Å²) in [6, 6.07) is 14.2. The van der Waals surface area contributed by atoms with Crippen LogP contribution in [0.5, 0.6) is 5.75 Å². The Balaban J connectivity index is 1.58. The van der Waals surface area contributed by atoms with E-state index in [1.165, 1.54) is 18.0 Å². The van der Waals surface area contributed by atoms with E-state index in [0.29, 0.717) is 33.9 Å². The van der Waals surface area contributed by atoms with Crippen LogP contribution in [0.15, 0.2) is 42.5 Å². The van der Waals surface area contributed by atoms with Crippen LogP contribution in [-0.2, 0) is 6.54 Å². The highest BCUT2D eigenvalue weighted by molar-refractivity contribution is 5.95. The molecule has 210 valence electrons. The number of rotatable bonds is 9. The molecular formula is C30H32F3N5O2.